The van der Waals surface area contributed by atoms with Crippen LogP contribution in [0.15, 0.2) is 36.7 Å². The number of aryl methyl sites for hydroxylation is 1. The van der Waals surface area contributed by atoms with Crippen molar-refractivity contribution in [3.05, 3.63) is 42.2 Å². The summed E-state index contributed by atoms with van der Waals surface area (Å²) in [5.74, 6) is 0.406. The minimum atomic E-state index is -4.40. The molecule has 0 spiro atoms. The zero-order valence-electron chi connectivity index (χ0n) is 10.9. The Kier molecular flexibility index (Phi) is 2.86. The van der Waals surface area contributed by atoms with E-state index in [1.165, 1.54) is 24.5 Å². The normalized spacial score (nSPS) is 12.0. The van der Waals surface area contributed by atoms with Crippen molar-refractivity contribution in [1.82, 2.24) is 14.5 Å². The van der Waals surface area contributed by atoms with Crippen LogP contribution in [0.3, 0.4) is 0 Å². The van der Waals surface area contributed by atoms with E-state index in [0.29, 0.717) is 16.9 Å². The lowest BCUT2D eigenvalue weighted by Gasteiger charge is -2.06. The molecule has 7 heteroatoms. The van der Waals surface area contributed by atoms with Crippen LogP contribution in [0.5, 0.6) is 5.75 Å². The third-order valence-electron chi connectivity index (χ3n) is 3.19. The minimum absolute atomic E-state index is 0.0319. The van der Waals surface area contributed by atoms with Crippen molar-refractivity contribution in [2.45, 2.75) is 6.18 Å². The highest BCUT2D eigenvalue weighted by Crippen LogP contribution is 2.32. The molecule has 0 radical (unpaired) electrons. The molecule has 2 heterocycles. The largest absolute Gasteiger partial charge is 0.506 e. The van der Waals surface area contributed by atoms with Gasteiger partial charge in [-0.2, -0.15) is 13.2 Å². The Morgan fingerprint density at radius 2 is 1.90 bits per heavy atom. The van der Waals surface area contributed by atoms with Crippen LogP contribution in [0.2, 0.25) is 0 Å². The van der Waals surface area contributed by atoms with Crippen molar-refractivity contribution in [3.8, 4) is 17.1 Å². The Morgan fingerprint density at radius 1 is 1.14 bits per heavy atom. The van der Waals surface area contributed by atoms with Crippen molar-refractivity contribution in [3.63, 3.8) is 0 Å². The molecule has 0 bridgehead atoms. The van der Waals surface area contributed by atoms with Crippen LogP contribution < -0.4 is 0 Å². The highest BCUT2D eigenvalue weighted by Gasteiger charge is 2.31. The summed E-state index contributed by atoms with van der Waals surface area (Å²) in [6.07, 6.45) is -1.64. The third-order valence-corrected chi connectivity index (χ3v) is 3.19. The molecule has 3 rings (SSSR count). The van der Waals surface area contributed by atoms with E-state index >= 15 is 0 Å². The van der Waals surface area contributed by atoms with E-state index in [9.17, 15) is 18.3 Å². The van der Waals surface area contributed by atoms with Gasteiger partial charge in [-0.15, -0.1) is 0 Å². The van der Waals surface area contributed by atoms with Crippen LogP contribution in [0.4, 0.5) is 13.2 Å². The molecule has 0 atom stereocenters. The predicted molar refractivity (Wildman–Crippen MR) is 70.6 cm³/mol. The summed E-state index contributed by atoms with van der Waals surface area (Å²) in [6.45, 7) is 0. The monoisotopic (exact) mass is 293 g/mol. The zero-order chi connectivity index (χ0) is 15.2. The summed E-state index contributed by atoms with van der Waals surface area (Å²) >= 11 is 0. The first-order valence-corrected chi connectivity index (χ1v) is 6.04. The number of imidazole rings is 1. The number of aromatic nitrogens is 3. The molecule has 1 N–H and O–H groups in total. The topological polar surface area (TPSA) is 50.9 Å². The number of nitrogens with zero attached hydrogens (tertiary/aromatic N) is 3. The van der Waals surface area contributed by atoms with Gasteiger partial charge in [-0.1, -0.05) is 0 Å². The van der Waals surface area contributed by atoms with Crippen molar-refractivity contribution in [2.75, 3.05) is 0 Å². The second-order valence-electron chi connectivity index (χ2n) is 4.63. The number of benzene rings is 1. The number of pyridine rings is 1. The van der Waals surface area contributed by atoms with E-state index in [2.05, 4.69) is 9.97 Å². The van der Waals surface area contributed by atoms with Crippen LogP contribution in [-0.4, -0.2) is 19.6 Å². The third kappa shape index (κ3) is 2.31. The summed E-state index contributed by atoms with van der Waals surface area (Å²) in [4.78, 5) is 8.05. The first-order chi connectivity index (χ1) is 9.86. The molecule has 4 nitrogen and oxygen atoms in total. The van der Waals surface area contributed by atoms with Crippen LogP contribution >= 0.6 is 0 Å². The number of alkyl halides is 3. The number of aromatic hydroxyl groups is 1. The fraction of sp³-hybridized carbons (Fsp3) is 0.143. The summed E-state index contributed by atoms with van der Waals surface area (Å²) in [6, 6.07) is 4.87. The number of rotatable bonds is 1. The average molecular weight is 293 g/mol. The SMILES string of the molecule is Cn1c(-c2cncc(O)c2)nc2cc(C(F)(F)F)ccc21. The van der Waals surface area contributed by atoms with E-state index < -0.39 is 11.7 Å². The molecule has 3 aromatic rings. The summed E-state index contributed by atoms with van der Waals surface area (Å²) in [5.41, 5.74) is 0.600. The van der Waals surface area contributed by atoms with Crippen molar-refractivity contribution in [2.24, 2.45) is 7.05 Å². The fourth-order valence-electron chi connectivity index (χ4n) is 2.18. The Bertz CT molecular complexity index is 824. The summed E-state index contributed by atoms with van der Waals surface area (Å²) in [5, 5.41) is 9.44. The van der Waals surface area contributed by atoms with Crippen molar-refractivity contribution >= 4 is 11.0 Å². The van der Waals surface area contributed by atoms with E-state index in [1.54, 1.807) is 11.6 Å². The lowest BCUT2D eigenvalue weighted by atomic mass is 10.2. The van der Waals surface area contributed by atoms with Gasteiger partial charge in [0.15, 0.2) is 0 Å². The molecule has 0 aliphatic rings. The van der Waals surface area contributed by atoms with Crippen molar-refractivity contribution in [1.29, 1.82) is 0 Å². The quantitative estimate of drug-likeness (QED) is 0.748. The fourth-order valence-corrected chi connectivity index (χ4v) is 2.18. The van der Waals surface area contributed by atoms with Crippen LogP contribution in [0, 0.1) is 0 Å². The first kappa shape index (κ1) is 13.4. The minimum Gasteiger partial charge on any atom is -0.506 e. The van der Waals surface area contributed by atoms with Crippen molar-refractivity contribution < 1.29 is 18.3 Å². The van der Waals surface area contributed by atoms with Gasteiger partial charge in [0, 0.05) is 18.8 Å². The average Bonchev–Trinajstić information content (AvgIpc) is 2.75. The molecule has 2 aromatic heterocycles. The Morgan fingerprint density at radius 3 is 2.57 bits per heavy atom. The van der Waals surface area contributed by atoms with Gasteiger partial charge in [-0.25, -0.2) is 4.98 Å². The summed E-state index contributed by atoms with van der Waals surface area (Å²) < 4.78 is 39.8. The van der Waals surface area contributed by atoms with E-state index in [4.69, 9.17) is 0 Å². The van der Waals surface area contributed by atoms with Crippen LogP contribution in [0.1, 0.15) is 5.56 Å². The lowest BCUT2D eigenvalue weighted by molar-refractivity contribution is -0.137. The van der Waals surface area contributed by atoms with Gasteiger partial charge in [0.05, 0.1) is 22.8 Å². The molecule has 0 aliphatic heterocycles. The second kappa shape index (κ2) is 4.47. The standard InChI is InChI=1S/C14H10F3N3O/c1-20-12-3-2-9(14(15,16)17)5-11(12)19-13(20)8-4-10(21)7-18-6-8/h2-7,21H,1H3. The van der Waals surface area contributed by atoms with Gasteiger partial charge in [-0.3, -0.25) is 4.98 Å². The van der Waals surface area contributed by atoms with Gasteiger partial charge in [-0.05, 0) is 24.3 Å². The highest BCUT2D eigenvalue weighted by atomic mass is 19.4. The maximum atomic E-state index is 12.7. The molecule has 21 heavy (non-hydrogen) atoms. The molecule has 0 amide bonds. The van der Waals surface area contributed by atoms with Gasteiger partial charge in [0.25, 0.3) is 0 Å². The number of fused-ring (bicyclic) bond motifs is 1. The molecule has 0 fully saturated rings. The molecule has 0 unspecified atom stereocenters. The second-order valence-corrected chi connectivity index (χ2v) is 4.63. The summed E-state index contributed by atoms with van der Waals surface area (Å²) in [7, 11) is 1.70. The smallest absolute Gasteiger partial charge is 0.416 e. The predicted octanol–water partition coefficient (Wildman–Crippen LogP) is 3.36. The van der Waals surface area contributed by atoms with Gasteiger partial charge >= 0.3 is 6.18 Å². The maximum Gasteiger partial charge on any atom is 0.416 e. The van der Waals surface area contributed by atoms with E-state index in [-0.39, 0.29) is 11.3 Å². The molecule has 0 saturated heterocycles. The molecule has 0 saturated carbocycles. The Labute approximate surface area is 117 Å². The molecule has 108 valence electrons. The van der Waals surface area contributed by atoms with Gasteiger partial charge in [0.2, 0.25) is 0 Å². The lowest BCUT2D eigenvalue weighted by Crippen LogP contribution is -2.04. The van der Waals surface area contributed by atoms with E-state index in [0.717, 1.165) is 12.1 Å². The maximum absolute atomic E-state index is 12.7. The Hall–Kier alpha value is -2.57. The molecular weight excluding hydrogens is 283 g/mol. The molecule has 0 aliphatic carbocycles. The Balaban J connectivity index is 2.20. The van der Waals surface area contributed by atoms with Gasteiger partial charge in [0.1, 0.15) is 11.6 Å². The van der Waals surface area contributed by atoms with Crippen LogP contribution in [-0.2, 0) is 13.2 Å². The van der Waals surface area contributed by atoms with E-state index in [1.807, 2.05) is 0 Å². The number of halogens is 3. The molecule has 1 aromatic carbocycles. The van der Waals surface area contributed by atoms with Gasteiger partial charge < -0.3 is 9.67 Å². The zero-order valence-corrected chi connectivity index (χ0v) is 10.9. The first-order valence-electron chi connectivity index (χ1n) is 6.04. The molecular formula is C14H10F3N3O. The van der Waals surface area contributed by atoms with Crippen LogP contribution in [0.25, 0.3) is 22.4 Å². The number of hydrogen-bond acceptors (Lipinski definition) is 3. The highest BCUT2D eigenvalue weighted by molar-refractivity contribution is 5.81. The number of hydrogen-bond donors (Lipinski definition) is 1.